The fourth-order valence-electron chi connectivity index (χ4n) is 2.02. The largest absolute Gasteiger partial charge is 0.482 e. The van der Waals surface area contributed by atoms with E-state index in [2.05, 4.69) is 22.9 Å². The predicted octanol–water partition coefficient (Wildman–Crippen LogP) is 4.69. The van der Waals surface area contributed by atoms with Crippen LogP contribution in [0.25, 0.3) is 0 Å². The number of aryl methyl sites for hydroxylation is 2. The van der Waals surface area contributed by atoms with E-state index >= 15 is 0 Å². The van der Waals surface area contributed by atoms with Crippen molar-refractivity contribution in [3.05, 3.63) is 58.1 Å². The molecule has 0 saturated heterocycles. The summed E-state index contributed by atoms with van der Waals surface area (Å²) in [6, 6.07) is 13.2. The number of hydrogen-bond donors (Lipinski definition) is 0. The second kappa shape index (κ2) is 7.99. The Morgan fingerprint density at radius 3 is 2.41 bits per heavy atom. The molecule has 2 rings (SSSR count). The molecule has 3 nitrogen and oxygen atoms in total. The van der Waals surface area contributed by atoms with E-state index in [0.29, 0.717) is 11.5 Å². The maximum atomic E-state index is 11.8. The van der Waals surface area contributed by atoms with Gasteiger partial charge in [0, 0.05) is 4.47 Å². The molecular formula is C18H19BrO3. The fourth-order valence-corrected chi connectivity index (χ4v) is 2.27. The van der Waals surface area contributed by atoms with Gasteiger partial charge < -0.3 is 9.47 Å². The minimum atomic E-state index is -0.413. The predicted molar refractivity (Wildman–Crippen MR) is 90.4 cm³/mol. The van der Waals surface area contributed by atoms with E-state index in [1.807, 2.05) is 49.4 Å². The van der Waals surface area contributed by atoms with Gasteiger partial charge in [-0.25, -0.2) is 4.79 Å². The SMILES string of the molecule is CCCc1ccc(OC(=O)COc2ccc(Br)c(C)c2)cc1. The molecule has 0 saturated carbocycles. The van der Waals surface area contributed by atoms with Crippen molar-refractivity contribution in [1.29, 1.82) is 0 Å². The summed E-state index contributed by atoms with van der Waals surface area (Å²) >= 11 is 3.42. The molecule has 0 fully saturated rings. The molecule has 0 aliphatic rings. The lowest BCUT2D eigenvalue weighted by Gasteiger charge is -2.08. The minimum Gasteiger partial charge on any atom is -0.482 e. The molecule has 0 N–H and O–H groups in total. The molecule has 0 heterocycles. The molecule has 0 amide bonds. The number of halogens is 1. The van der Waals surface area contributed by atoms with Crippen LogP contribution in [-0.4, -0.2) is 12.6 Å². The number of benzene rings is 2. The Hall–Kier alpha value is -1.81. The quantitative estimate of drug-likeness (QED) is 0.552. The molecule has 0 radical (unpaired) electrons. The van der Waals surface area contributed by atoms with E-state index in [1.165, 1.54) is 5.56 Å². The first-order chi connectivity index (χ1) is 10.6. The van der Waals surface area contributed by atoms with Crippen molar-refractivity contribution in [3.63, 3.8) is 0 Å². The smallest absolute Gasteiger partial charge is 0.349 e. The first kappa shape index (κ1) is 16.6. The van der Waals surface area contributed by atoms with E-state index < -0.39 is 5.97 Å². The average Bonchev–Trinajstić information content (AvgIpc) is 2.51. The normalized spacial score (nSPS) is 10.3. The Morgan fingerprint density at radius 2 is 1.77 bits per heavy atom. The van der Waals surface area contributed by atoms with Gasteiger partial charge in [0.2, 0.25) is 0 Å². The minimum absolute atomic E-state index is 0.113. The van der Waals surface area contributed by atoms with Crippen molar-refractivity contribution in [2.24, 2.45) is 0 Å². The number of esters is 1. The molecule has 22 heavy (non-hydrogen) atoms. The van der Waals surface area contributed by atoms with Crippen LogP contribution in [-0.2, 0) is 11.2 Å². The molecule has 116 valence electrons. The van der Waals surface area contributed by atoms with Crippen LogP contribution in [0.5, 0.6) is 11.5 Å². The molecule has 0 unspecified atom stereocenters. The van der Waals surface area contributed by atoms with Gasteiger partial charge in [0.05, 0.1) is 0 Å². The third-order valence-electron chi connectivity index (χ3n) is 3.18. The second-order valence-electron chi connectivity index (χ2n) is 5.07. The lowest BCUT2D eigenvalue weighted by atomic mass is 10.1. The van der Waals surface area contributed by atoms with E-state index in [0.717, 1.165) is 22.9 Å². The van der Waals surface area contributed by atoms with Crippen molar-refractivity contribution in [2.45, 2.75) is 26.7 Å². The van der Waals surface area contributed by atoms with E-state index in [-0.39, 0.29) is 6.61 Å². The summed E-state index contributed by atoms with van der Waals surface area (Å²) < 4.78 is 11.7. The van der Waals surface area contributed by atoms with Crippen molar-refractivity contribution in [3.8, 4) is 11.5 Å². The van der Waals surface area contributed by atoms with Crippen LogP contribution in [0.2, 0.25) is 0 Å². The third-order valence-corrected chi connectivity index (χ3v) is 4.07. The Bertz CT molecular complexity index is 635. The topological polar surface area (TPSA) is 35.5 Å². The van der Waals surface area contributed by atoms with Gasteiger partial charge in [-0.2, -0.15) is 0 Å². The van der Waals surface area contributed by atoms with E-state index in [9.17, 15) is 4.79 Å². The molecule has 4 heteroatoms. The van der Waals surface area contributed by atoms with Crippen LogP contribution >= 0.6 is 15.9 Å². The first-order valence-electron chi connectivity index (χ1n) is 7.27. The summed E-state index contributed by atoms with van der Waals surface area (Å²) in [5.74, 6) is 0.778. The van der Waals surface area contributed by atoms with Gasteiger partial charge in [0.25, 0.3) is 0 Å². The Kier molecular flexibility index (Phi) is 6.01. The Morgan fingerprint density at radius 1 is 1.09 bits per heavy atom. The van der Waals surface area contributed by atoms with Gasteiger partial charge in [-0.1, -0.05) is 41.4 Å². The van der Waals surface area contributed by atoms with Crippen LogP contribution in [0.1, 0.15) is 24.5 Å². The highest BCUT2D eigenvalue weighted by Crippen LogP contribution is 2.21. The molecule has 0 aliphatic carbocycles. The molecule has 2 aromatic carbocycles. The van der Waals surface area contributed by atoms with Gasteiger partial charge in [0.1, 0.15) is 11.5 Å². The summed E-state index contributed by atoms with van der Waals surface area (Å²) in [7, 11) is 0. The fraction of sp³-hybridized carbons (Fsp3) is 0.278. The van der Waals surface area contributed by atoms with Gasteiger partial charge in [-0.05, 0) is 54.8 Å². The zero-order valence-corrected chi connectivity index (χ0v) is 14.4. The van der Waals surface area contributed by atoms with Crippen LogP contribution in [0.4, 0.5) is 0 Å². The summed E-state index contributed by atoms with van der Waals surface area (Å²) in [4.78, 5) is 11.8. The highest BCUT2D eigenvalue weighted by atomic mass is 79.9. The standard InChI is InChI=1S/C18H19BrO3/c1-3-4-14-5-7-15(8-6-14)22-18(20)12-21-16-9-10-17(19)13(2)11-16/h5-11H,3-4,12H2,1-2H3. The summed E-state index contributed by atoms with van der Waals surface area (Å²) in [5.41, 5.74) is 2.29. The highest BCUT2D eigenvalue weighted by Gasteiger charge is 2.07. The monoisotopic (exact) mass is 362 g/mol. The maximum Gasteiger partial charge on any atom is 0.349 e. The number of ether oxygens (including phenoxy) is 2. The number of carbonyl (C=O) groups excluding carboxylic acids is 1. The van der Waals surface area contributed by atoms with Gasteiger partial charge in [0.15, 0.2) is 6.61 Å². The number of carbonyl (C=O) groups is 1. The number of hydrogen-bond acceptors (Lipinski definition) is 3. The zero-order valence-electron chi connectivity index (χ0n) is 12.8. The first-order valence-corrected chi connectivity index (χ1v) is 8.06. The van der Waals surface area contributed by atoms with E-state index in [1.54, 1.807) is 0 Å². The Balaban J connectivity index is 1.85. The average molecular weight is 363 g/mol. The highest BCUT2D eigenvalue weighted by molar-refractivity contribution is 9.10. The molecular weight excluding hydrogens is 344 g/mol. The van der Waals surface area contributed by atoms with E-state index in [4.69, 9.17) is 9.47 Å². The lowest BCUT2D eigenvalue weighted by Crippen LogP contribution is -2.17. The van der Waals surface area contributed by atoms with Crippen molar-refractivity contribution in [1.82, 2.24) is 0 Å². The van der Waals surface area contributed by atoms with Gasteiger partial charge in [-0.15, -0.1) is 0 Å². The zero-order chi connectivity index (χ0) is 15.9. The second-order valence-corrected chi connectivity index (χ2v) is 5.92. The third kappa shape index (κ3) is 4.88. The molecule has 0 bridgehead atoms. The van der Waals surface area contributed by atoms with Gasteiger partial charge >= 0.3 is 5.97 Å². The van der Waals surface area contributed by atoms with Crippen LogP contribution in [0, 0.1) is 6.92 Å². The van der Waals surface area contributed by atoms with Crippen LogP contribution in [0.3, 0.4) is 0 Å². The van der Waals surface area contributed by atoms with Crippen LogP contribution < -0.4 is 9.47 Å². The van der Waals surface area contributed by atoms with Crippen molar-refractivity contribution >= 4 is 21.9 Å². The van der Waals surface area contributed by atoms with Gasteiger partial charge in [-0.3, -0.25) is 0 Å². The van der Waals surface area contributed by atoms with Crippen molar-refractivity contribution in [2.75, 3.05) is 6.61 Å². The summed E-state index contributed by atoms with van der Waals surface area (Å²) in [6.07, 6.45) is 2.12. The lowest BCUT2D eigenvalue weighted by molar-refractivity contribution is -0.136. The van der Waals surface area contributed by atoms with Crippen molar-refractivity contribution < 1.29 is 14.3 Å². The maximum absolute atomic E-state index is 11.8. The Labute approximate surface area is 139 Å². The van der Waals surface area contributed by atoms with Crippen LogP contribution in [0.15, 0.2) is 46.9 Å². The molecule has 0 aliphatic heterocycles. The molecule has 0 aromatic heterocycles. The summed E-state index contributed by atoms with van der Waals surface area (Å²) in [5, 5.41) is 0. The number of rotatable bonds is 6. The molecule has 2 aromatic rings. The molecule has 0 atom stereocenters. The summed E-state index contributed by atoms with van der Waals surface area (Å²) in [6.45, 7) is 3.99. The molecule has 0 spiro atoms.